The van der Waals surface area contributed by atoms with Gasteiger partial charge in [-0.2, -0.15) is 0 Å². The molecule has 0 atom stereocenters. The van der Waals surface area contributed by atoms with E-state index in [-0.39, 0.29) is 18.3 Å². The Bertz CT molecular complexity index is 1020. The third kappa shape index (κ3) is 3.78. The lowest BCUT2D eigenvalue weighted by atomic mass is 10.1. The van der Waals surface area contributed by atoms with Crippen LogP contribution in [0.5, 0.6) is 0 Å². The fourth-order valence-electron chi connectivity index (χ4n) is 3.23. The monoisotopic (exact) mass is 424 g/mol. The molecule has 1 N–H and O–H groups in total. The summed E-state index contributed by atoms with van der Waals surface area (Å²) in [5, 5.41) is 4.22. The van der Waals surface area contributed by atoms with Gasteiger partial charge in [-0.1, -0.05) is 11.6 Å². The Morgan fingerprint density at radius 2 is 2.04 bits per heavy atom. The standard InChI is InChI=1S/C19H18ClFN4O2.ClH/c1-24-5-4-13-17(24)14(19(26)25-6-8-27-9-7-25)11-22-18(13)23-16-10-12(21)2-3-15(16)20;/h2-5,10-11H,6-9H2,1H3,(H,22,23);1H. The second-order valence-electron chi connectivity index (χ2n) is 6.36. The number of carbonyl (C=O) groups is 1. The van der Waals surface area contributed by atoms with Crippen LogP contribution in [-0.2, 0) is 11.8 Å². The highest BCUT2D eigenvalue weighted by atomic mass is 35.5. The molecule has 1 saturated heterocycles. The van der Waals surface area contributed by atoms with Gasteiger partial charge < -0.3 is 19.5 Å². The first-order chi connectivity index (χ1) is 13.0. The highest BCUT2D eigenvalue weighted by molar-refractivity contribution is 6.33. The Hall–Kier alpha value is -2.35. The predicted octanol–water partition coefficient (Wildman–Crippen LogP) is 4.00. The van der Waals surface area contributed by atoms with E-state index in [1.54, 1.807) is 11.1 Å². The van der Waals surface area contributed by atoms with Crippen LogP contribution in [0.3, 0.4) is 0 Å². The Balaban J connectivity index is 0.00000225. The summed E-state index contributed by atoms with van der Waals surface area (Å²) in [4.78, 5) is 19.1. The molecule has 2 aromatic heterocycles. The number of amides is 1. The number of aromatic nitrogens is 2. The molecule has 28 heavy (non-hydrogen) atoms. The summed E-state index contributed by atoms with van der Waals surface area (Å²) in [7, 11) is 1.87. The first-order valence-electron chi connectivity index (χ1n) is 8.58. The molecule has 1 aliphatic heterocycles. The van der Waals surface area contributed by atoms with Crippen LogP contribution in [0.4, 0.5) is 15.9 Å². The zero-order valence-electron chi connectivity index (χ0n) is 15.1. The SMILES string of the molecule is Cl.Cn1ccc2c(Nc3cc(F)ccc3Cl)ncc(C(=O)N3CCOCC3)c21. The van der Waals surface area contributed by atoms with Crippen LogP contribution in [0.1, 0.15) is 10.4 Å². The summed E-state index contributed by atoms with van der Waals surface area (Å²) < 4.78 is 20.8. The van der Waals surface area contributed by atoms with Gasteiger partial charge in [-0.05, 0) is 24.3 Å². The second-order valence-corrected chi connectivity index (χ2v) is 6.77. The quantitative estimate of drug-likeness (QED) is 0.689. The largest absolute Gasteiger partial charge is 0.378 e. The van der Waals surface area contributed by atoms with Crippen molar-refractivity contribution in [3.05, 3.63) is 53.1 Å². The molecule has 0 unspecified atom stereocenters. The van der Waals surface area contributed by atoms with Crippen LogP contribution in [0, 0.1) is 5.82 Å². The number of nitrogens with one attached hydrogen (secondary N) is 1. The first kappa shape index (κ1) is 20.4. The van der Waals surface area contributed by atoms with Gasteiger partial charge in [0.1, 0.15) is 11.6 Å². The summed E-state index contributed by atoms with van der Waals surface area (Å²) >= 11 is 6.15. The maximum atomic E-state index is 13.6. The smallest absolute Gasteiger partial charge is 0.257 e. The third-order valence-electron chi connectivity index (χ3n) is 4.62. The molecule has 0 radical (unpaired) electrons. The number of rotatable bonds is 3. The van der Waals surface area contributed by atoms with Gasteiger partial charge in [0.15, 0.2) is 0 Å². The lowest BCUT2D eigenvalue weighted by Gasteiger charge is -2.27. The molecule has 0 bridgehead atoms. The lowest BCUT2D eigenvalue weighted by Crippen LogP contribution is -2.40. The molecule has 3 aromatic rings. The number of hydrogen-bond acceptors (Lipinski definition) is 4. The highest BCUT2D eigenvalue weighted by Crippen LogP contribution is 2.31. The molecule has 148 valence electrons. The van der Waals surface area contributed by atoms with Gasteiger partial charge in [-0.3, -0.25) is 4.79 Å². The molecular weight excluding hydrogens is 406 g/mol. The molecular formula is C19H19Cl2FN4O2. The van der Waals surface area contributed by atoms with Crippen molar-refractivity contribution >= 4 is 52.3 Å². The number of nitrogens with zero attached hydrogens (tertiary/aromatic N) is 3. The fourth-order valence-corrected chi connectivity index (χ4v) is 3.39. The van der Waals surface area contributed by atoms with Gasteiger partial charge in [0.2, 0.25) is 0 Å². The minimum atomic E-state index is -0.398. The number of carbonyl (C=O) groups excluding carboxylic acids is 1. The van der Waals surface area contributed by atoms with Crippen LogP contribution in [0.15, 0.2) is 36.7 Å². The minimum Gasteiger partial charge on any atom is -0.378 e. The van der Waals surface area contributed by atoms with E-state index in [1.807, 2.05) is 23.9 Å². The molecule has 0 spiro atoms. The van der Waals surface area contributed by atoms with Crippen molar-refractivity contribution in [2.75, 3.05) is 31.6 Å². The Labute approximate surface area is 172 Å². The molecule has 0 saturated carbocycles. The maximum Gasteiger partial charge on any atom is 0.257 e. The molecule has 1 aromatic carbocycles. The lowest BCUT2D eigenvalue weighted by molar-refractivity contribution is 0.0303. The predicted molar refractivity (Wildman–Crippen MR) is 109 cm³/mol. The second kappa shape index (κ2) is 8.34. The molecule has 0 aliphatic carbocycles. The van der Waals surface area contributed by atoms with E-state index >= 15 is 0 Å². The number of benzene rings is 1. The topological polar surface area (TPSA) is 59.4 Å². The Morgan fingerprint density at radius 3 is 2.79 bits per heavy atom. The van der Waals surface area contributed by atoms with Crippen LogP contribution < -0.4 is 5.32 Å². The van der Waals surface area contributed by atoms with Gasteiger partial charge in [0.25, 0.3) is 5.91 Å². The summed E-state index contributed by atoms with van der Waals surface area (Å²) in [6.07, 6.45) is 3.41. The van der Waals surface area contributed by atoms with E-state index in [1.165, 1.54) is 18.2 Å². The Morgan fingerprint density at radius 1 is 1.29 bits per heavy atom. The molecule has 4 rings (SSSR count). The Kier molecular flexibility index (Phi) is 6.07. The van der Waals surface area contributed by atoms with Crippen molar-refractivity contribution in [2.24, 2.45) is 7.05 Å². The number of fused-ring (bicyclic) bond motifs is 1. The van der Waals surface area contributed by atoms with E-state index in [0.717, 1.165) is 10.9 Å². The van der Waals surface area contributed by atoms with Crippen molar-refractivity contribution < 1.29 is 13.9 Å². The third-order valence-corrected chi connectivity index (χ3v) is 4.95. The van der Waals surface area contributed by atoms with Crippen LogP contribution in [-0.4, -0.2) is 46.7 Å². The molecule has 3 heterocycles. The number of halogens is 3. The van der Waals surface area contributed by atoms with Gasteiger partial charge in [-0.25, -0.2) is 9.37 Å². The van der Waals surface area contributed by atoms with Gasteiger partial charge >= 0.3 is 0 Å². The fraction of sp³-hybridized carbons (Fsp3) is 0.263. The molecule has 1 fully saturated rings. The van der Waals surface area contributed by atoms with Crippen molar-refractivity contribution in [1.82, 2.24) is 14.5 Å². The van der Waals surface area contributed by atoms with E-state index in [2.05, 4.69) is 10.3 Å². The first-order valence-corrected chi connectivity index (χ1v) is 8.95. The average Bonchev–Trinajstić information content (AvgIpc) is 3.07. The summed E-state index contributed by atoms with van der Waals surface area (Å²) in [5.41, 5.74) is 1.70. The number of ether oxygens (including phenoxy) is 1. The van der Waals surface area contributed by atoms with Crippen LogP contribution in [0.25, 0.3) is 10.9 Å². The highest BCUT2D eigenvalue weighted by Gasteiger charge is 2.23. The number of morpholine rings is 1. The average molecular weight is 425 g/mol. The molecule has 1 amide bonds. The van der Waals surface area contributed by atoms with Crippen molar-refractivity contribution in [3.8, 4) is 0 Å². The number of aryl methyl sites for hydroxylation is 1. The van der Waals surface area contributed by atoms with Crippen molar-refractivity contribution in [2.45, 2.75) is 0 Å². The zero-order valence-corrected chi connectivity index (χ0v) is 16.7. The van der Waals surface area contributed by atoms with Crippen molar-refractivity contribution in [1.29, 1.82) is 0 Å². The number of anilines is 2. The van der Waals surface area contributed by atoms with E-state index < -0.39 is 5.82 Å². The molecule has 9 heteroatoms. The molecule has 1 aliphatic rings. The zero-order chi connectivity index (χ0) is 19.0. The summed E-state index contributed by atoms with van der Waals surface area (Å²) in [6.45, 7) is 2.19. The number of hydrogen-bond donors (Lipinski definition) is 1. The van der Waals surface area contributed by atoms with E-state index in [0.29, 0.717) is 48.4 Å². The van der Waals surface area contributed by atoms with E-state index in [9.17, 15) is 9.18 Å². The normalized spacial score (nSPS) is 14.0. The van der Waals surface area contributed by atoms with Crippen LogP contribution >= 0.6 is 24.0 Å². The van der Waals surface area contributed by atoms with Gasteiger partial charge in [0, 0.05) is 37.9 Å². The maximum absolute atomic E-state index is 13.6. The number of pyridine rings is 1. The minimum absolute atomic E-state index is 0. The van der Waals surface area contributed by atoms with E-state index in [4.69, 9.17) is 16.3 Å². The van der Waals surface area contributed by atoms with Crippen LogP contribution in [0.2, 0.25) is 5.02 Å². The van der Waals surface area contributed by atoms with Crippen molar-refractivity contribution in [3.63, 3.8) is 0 Å². The van der Waals surface area contributed by atoms with Gasteiger partial charge in [-0.15, -0.1) is 12.4 Å². The summed E-state index contributed by atoms with van der Waals surface area (Å²) in [6, 6.07) is 5.96. The molecule has 6 nitrogen and oxygen atoms in total. The van der Waals surface area contributed by atoms with Gasteiger partial charge in [0.05, 0.1) is 35.0 Å². The summed E-state index contributed by atoms with van der Waals surface area (Å²) in [5.74, 6) is 0.0369.